The lowest BCUT2D eigenvalue weighted by atomic mass is 9.95. The number of phenolic OH excluding ortho intramolecular Hbond substituents is 1. The van der Waals surface area contributed by atoms with Crippen LogP contribution >= 0.6 is 0 Å². The van der Waals surface area contributed by atoms with Gasteiger partial charge in [0.25, 0.3) is 0 Å². The molecule has 0 aromatic heterocycles. The van der Waals surface area contributed by atoms with Crippen LogP contribution in [0.2, 0.25) is 0 Å². The van der Waals surface area contributed by atoms with Crippen LogP contribution in [0.25, 0.3) is 21.5 Å². The zero-order valence-electron chi connectivity index (χ0n) is 9.77. The predicted molar refractivity (Wildman–Crippen MR) is 72.5 cm³/mol. The number of rotatable bonds is 1. The van der Waals surface area contributed by atoms with Crippen LogP contribution in [0.15, 0.2) is 48.5 Å². The second-order valence-corrected chi connectivity index (χ2v) is 4.27. The van der Waals surface area contributed by atoms with Gasteiger partial charge in [-0.2, -0.15) is 0 Å². The van der Waals surface area contributed by atoms with Gasteiger partial charge >= 0.3 is 0 Å². The van der Waals surface area contributed by atoms with Crippen molar-refractivity contribution in [2.45, 2.75) is 13.3 Å². The molecular weight excluding hydrogens is 208 g/mol. The molecule has 0 aliphatic carbocycles. The molecule has 0 spiro atoms. The second-order valence-electron chi connectivity index (χ2n) is 4.27. The Hall–Kier alpha value is -2.02. The number of hydrogen-bond acceptors (Lipinski definition) is 1. The lowest BCUT2D eigenvalue weighted by molar-refractivity contribution is 0.476. The minimum Gasteiger partial charge on any atom is -0.507 e. The van der Waals surface area contributed by atoms with E-state index in [1.165, 1.54) is 5.39 Å². The molecule has 3 rings (SSSR count). The van der Waals surface area contributed by atoms with Crippen molar-refractivity contribution in [1.82, 2.24) is 0 Å². The maximum Gasteiger partial charge on any atom is 0.127 e. The molecule has 84 valence electrons. The van der Waals surface area contributed by atoms with E-state index in [-0.39, 0.29) is 0 Å². The Morgan fingerprint density at radius 2 is 1.24 bits per heavy atom. The molecule has 1 N–H and O–H groups in total. The summed E-state index contributed by atoms with van der Waals surface area (Å²) < 4.78 is 0. The highest BCUT2D eigenvalue weighted by Gasteiger charge is 2.10. The quantitative estimate of drug-likeness (QED) is 0.610. The Labute approximate surface area is 100 Å². The fraction of sp³-hybridized carbons (Fsp3) is 0.125. The van der Waals surface area contributed by atoms with Gasteiger partial charge in [-0.1, -0.05) is 55.5 Å². The Morgan fingerprint density at radius 1 is 0.765 bits per heavy atom. The van der Waals surface area contributed by atoms with Crippen LogP contribution in [-0.2, 0) is 6.42 Å². The van der Waals surface area contributed by atoms with Gasteiger partial charge in [0.1, 0.15) is 5.75 Å². The van der Waals surface area contributed by atoms with Gasteiger partial charge < -0.3 is 5.11 Å². The molecule has 0 atom stereocenters. The smallest absolute Gasteiger partial charge is 0.127 e. The Morgan fingerprint density at radius 3 is 1.82 bits per heavy atom. The third-order valence-corrected chi connectivity index (χ3v) is 3.36. The maximum atomic E-state index is 10.3. The van der Waals surface area contributed by atoms with Crippen LogP contribution < -0.4 is 0 Å². The average molecular weight is 222 g/mol. The van der Waals surface area contributed by atoms with Gasteiger partial charge in [-0.15, -0.1) is 0 Å². The summed E-state index contributed by atoms with van der Waals surface area (Å²) in [6, 6.07) is 16.3. The van der Waals surface area contributed by atoms with Gasteiger partial charge in [0.15, 0.2) is 0 Å². The molecule has 0 bridgehead atoms. The number of hydrogen-bond donors (Lipinski definition) is 1. The zero-order valence-corrected chi connectivity index (χ0v) is 9.77. The van der Waals surface area contributed by atoms with E-state index in [1.807, 2.05) is 30.3 Å². The number of phenols is 1. The van der Waals surface area contributed by atoms with Crippen molar-refractivity contribution in [3.8, 4) is 5.75 Å². The Balaban J connectivity index is 2.64. The van der Waals surface area contributed by atoms with Gasteiger partial charge in [0.2, 0.25) is 0 Å². The van der Waals surface area contributed by atoms with Crippen LogP contribution in [-0.4, -0.2) is 5.11 Å². The number of fused-ring (bicyclic) bond motifs is 3. The molecule has 0 fully saturated rings. The van der Waals surface area contributed by atoms with Crippen LogP contribution in [0, 0.1) is 0 Å². The third kappa shape index (κ3) is 1.39. The first-order chi connectivity index (χ1) is 8.33. The van der Waals surface area contributed by atoms with Gasteiger partial charge in [0, 0.05) is 10.9 Å². The van der Waals surface area contributed by atoms with E-state index in [9.17, 15) is 5.11 Å². The Kier molecular flexibility index (Phi) is 2.25. The normalized spacial score (nSPS) is 11.1. The summed E-state index contributed by atoms with van der Waals surface area (Å²) >= 11 is 0. The first kappa shape index (κ1) is 10.2. The van der Waals surface area contributed by atoms with E-state index in [2.05, 4.69) is 25.1 Å². The minimum atomic E-state index is 0.432. The fourth-order valence-corrected chi connectivity index (χ4v) is 2.55. The molecule has 17 heavy (non-hydrogen) atoms. The second kappa shape index (κ2) is 3.77. The molecule has 0 radical (unpaired) electrons. The summed E-state index contributed by atoms with van der Waals surface area (Å²) in [5.41, 5.74) is 1.04. The van der Waals surface area contributed by atoms with E-state index in [0.717, 1.165) is 28.1 Å². The topological polar surface area (TPSA) is 20.2 Å². The van der Waals surface area contributed by atoms with Crippen molar-refractivity contribution in [3.63, 3.8) is 0 Å². The van der Waals surface area contributed by atoms with E-state index in [1.54, 1.807) is 0 Å². The maximum absolute atomic E-state index is 10.3. The first-order valence-electron chi connectivity index (χ1n) is 5.94. The van der Waals surface area contributed by atoms with E-state index in [4.69, 9.17) is 0 Å². The van der Waals surface area contributed by atoms with Crippen molar-refractivity contribution in [2.75, 3.05) is 0 Å². The van der Waals surface area contributed by atoms with Crippen LogP contribution in [0.1, 0.15) is 12.5 Å². The van der Waals surface area contributed by atoms with Crippen LogP contribution in [0.4, 0.5) is 0 Å². The largest absolute Gasteiger partial charge is 0.507 e. The van der Waals surface area contributed by atoms with Gasteiger partial charge in [0.05, 0.1) is 0 Å². The summed E-state index contributed by atoms with van der Waals surface area (Å²) in [6.07, 6.45) is 0.844. The standard InChI is InChI=1S/C16H14O/c1-2-11-12-7-3-4-8-13(12)14-9-5-6-10-15(14)16(11)17/h3-10,17H,2H2,1H3. The molecule has 1 heteroatoms. The summed E-state index contributed by atoms with van der Waals surface area (Å²) in [7, 11) is 0. The van der Waals surface area contributed by atoms with Crippen LogP contribution in [0.3, 0.4) is 0 Å². The first-order valence-corrected chi connectivity index (χ1v) is 5.94. The van der Waals surface area contributed by atoms with Crippen molar-refractivity contribution in [3.05, 3.63) is 54.1 Å². The summed E-state index contributed by atoms with van der Waals surface area (Å²) in [5, 5.41) is 14.8. The summed E-state index contributed by atoms with van der Waals surface area (Å²) in [6.45, 7) is 2.08. The highest BCUT2D eigenvalue weighted by Crippen LogP contribution is 2.37. The summed E-state index contributed by atoms with van der Waals surface area (Å²) in [5.74, 6) is 0.432. The lowest BCUT2D eigenvalue weighted by Crippen LogP contribution is -1.88. The van der Waals surface area contributed by atoms with Gasteiger partial charge in [-0.05, 0) is 22.6 Å². The highest BCUT2D eigenvalue weighted by molar-refractivity contribution is 6.11. The molecule has 0 saturated heterocycles. The molecule has 3 aromatic rings. The molecule has 1 nitrogen and oxygen atoms in total. The fourth-order valence-electron chi connectivity index (χ4n) is 2.55. The van der Waals surface area contributed by atoms with E-state index >= 15 is 0 Å². The molecule has 0 heterocycles. The summed E-state index contributed by atoms with van der Waals surface area (Å²) in [4.78, 5) is 0. The minimum absolute atomic E-state index is 0.432. The molecule has 0 aliphatic heterocycles. The monoisotopic (exact) mass is 222 g/mol. The van der Waals surface area contributed by atoms with Gasteiger partial charge in [-0.25, -0.2) is 0 Å². The van der Waals surface area contributed by atoms with Crippen molar-refractivity contribution < 1.29 is 5.11 Å². The zero-order chi connectivity index (χ0) is 11.8. The van der Waals surface area contributed by atoms with Crippen molar-refractivity contribution >= 4 is 21.5 Å². The van der Waals surface area contributed by atoms with Gasteiger partial charge in [-0.3, -0.25) is 0 Å². The molecule has 3 aromatic carbocycles. The molecule has 0 unspecified atom stereocenters. The lowest BCUT2D eigenvalue weighted by Gasteiger charge is -2.11. The molecule has 0 saturated carbocycles. The molecular formula is C16H14O. The third-order valence-electron chi connectivity index (χ3n) is 3.36. The Bertz CT molecular complexity index is 698. The van der Waals surface area contributed by atoms with E-state index in [0.29, 0.717) is 5.75 Å². The molecule has 0 amide bonds. The average Bonchev–Trinajstić information content (AvgIpc) is 2.40. The number of aromatic hydroxyl groups is 1. The number of benzene rings is 3. The van der Waals surface area contributed by atoms with Crippen LogP contribution in [0.5, 0.6) is 5.75 Å². The molecule has 0 aliphatic rings. The number of aryl methyl sites for hydroxylation is 1. The van der Waals surface area contributed by atoms with E-state index < -0.39 is 0 Å². The van der Waals surface area contributed by atoms with Crippen molar-refractivity contribution in [1.29, 1.82) is 0 Å². The van der Waals surface area contributed by atoms with Crippen molar-refractivity contribution in [2.24, 2.45) is 0 Å². The highest BCUT2D eigenvalue weighted by atomic mass is 16.3. The predicted octanol–water partition coefficient (Wildman–Crippen LogP) is 4.26. The SMILES string of the molecule is CCc1c(O)c2ccccc2c2ccccc12.